The lowest BCUT2D eigenvalue weighted by Gasteiger charge is -2.14. The van der Waals surface area contributed by atoms with Gasteiger partial charge in [0, 0.05) is 34.8 Å². The lowest BCUT2D eigenvalue weighted by atomic mass is 10.1. The van der Waals surface area contributed by atoms with Gasteiger partial charge in [0.1, 0.15) is 0 Å². The number of rotatable bonds is 10. The average Bonchev–Trinajstić information content (AvgIpc) is 3.28. The fraction of sp³-hybridized carbons (Fsp3) is 0.875. The molecule has 138 valence electrons. The summed E-state index contributed by atoms with van der Waals surface area (Å²) in [6.07, 6.45) is 8.78. The molecule has 0 aliphatic carbocycles. The molecule has 2 aliphatic rings. The minimum absolute atomic E-state index is 0.267. The van der Waals surface area contributed by atoms with Crippen molar-refractivity contribution in [3.8, 4) is 0 Å². The first kappa shape index (κ1) is 20.8. The Hall–Kier alpha value is 0.500. The van der Waals surface area contributed by atoms with Crippen molar-refractivity contribution < 1.29 is 14.8 Å². The van der Waals surface area contributed by atoms with E-state index >= 15 is 0 Å². The number of hydroxylamine groups is 2. The Morgan fingerprint density at radius 1 is 0.833 bits per heavy atom. The zero-order valence-corrected chi connectivity index (χ0v) is 17.2. The van der Waals surface area contributed by atoms with E-state index < -0.39 is 11.8 Å². The predicted octanol–water partition coefficient (Wildman–Crippen LogP) is 5.16. The molecule has 2 fully saturated rings. The van der Waals surface area contributed by atoms with Gasteiger partial charge in [-0.15, -0.1) is 0 Å². The summed E-state index contributed by atoms with van der Waals surface area (Å²) in [5.74, 6) is 1.56. The van der Waals surface area contributed by atoms with Gasteiger partial charge in [0.05, 0.1) is 0 Å². The number of carbonyl (C=O) groups is 2. The summed E-state index contributed by atoms with van der Waals surface area (Å²) in [7, 11) is 7.75. The molecule has 2 saturated heterocycles. The Bertz CT molecular complexity index is 363. The first-order valence-electron chi connectivity index (χ1n) is 8.78. The molecule has 2 atom stereocenters. The van der Waals surface area contributed by atoms with Gasteiger partial charge in [-0.05, 0) is 38.5 Å². The van der Waals surface area contributed by atoms with Crippen molar-refractivity contribution in [2.75, 3.05) is 11.5 Å². The molecule has 2 amide bonds. The molecular formula is C16H27NO3S4. The second kappa shape index (κ2) is 12.0. The highest BCUT2D eigenvalue weighted by Crippen LogP contribution is 2.40. The number of imide groups is 1. The van der Waals surface area contributed by atoms with Crippen molar-refractivity contribution in [1.82, 2.24) is 5.06 Å². The van der Waals surface area contributed by atoms with Gasteiger partial charge in [0.2, 0.25) is 0 Å². The SMILES string of the molecule is O=C(CCCCC1CCSS1)N(O)C(=O)CCCCC1CCSS1. The zero-order valence-electron chi connectivity index (χ0n) is 14.0. The lowest BCUT2D eigenvalue weighted by Crippen LogP contribution is -2.33. The maximum atomic E-state index is 11.9. The monoisotopic (exact) mass is 409 g/mol. The largest absolute Gasteiger partial charge is 0.279 e. The topological polar surface area (TPSA) is 57.6 Å². The van der Waals surface area contributed by atoms with E-state index in [1.165, 1.54) is 24.3 Å². The van der Waals surface area contributed by atoms with E-state index in [-0.39, 0.29) is 12.8 Å². The second-order valence-electron chi connectivity index (χ2n) is 6.25. The molecule has 2 aliphatic heterocycles. The van der Waals surface area contributed by atoms with E-state index in [0.29, 0.717) is 15.6 Å². The minimum atomic E-state index is -0.448. The van der Waals surface area contributed by atoms with Crippen LogP contribution in [-0.4, -0.2) is 44.1 Å². The number of hydrogen-bond donors (Lipinski definition) is 1. The predicted molar refractivity (Wildman–Crippen MR) is 107 cm³/mol. The highest BCUT2D eigenvalue weighted by Gasteiger charge is 2.20. The summed E-state index contributed by atoms with van der Waals surface area (Å²) >= 11 is 0. The van der Waals surface area contributed by atoms with E-state index in [0.717, 1.165) is 38.5 Å². The fourth-order valence-electron chi connectivity index (χ4n) is 2.78. The Balaban J connectivity index is 1.49. The number of hydrogen-bond acceptors (Lipinski definition) is 7. The van der Waals surface area contributed by atoms with Crippen LogP contribution in [0.15, 0.2) is 0 Å². The van der Waals surface area contributed by atoms with Gasteiger partial charge in [-0.1, -0.05) is 56.0 Å². The molecule has 0 bridgehead atoms. The quantitative estimate of drug-likeness (QED) is 0.231. The molecule has 0 aromatic rings. The third-order valence-corrected chi connectivity index (χ3v) is 10.3. The average molecular weight is 410 g/mol. The van der Waals surface area contributed by atoms with Crippen LogP contribution in [0.1, 0.15) is 64.2 Å². The maximum absolute atomic E-state index is 11.9. The van der Waals surface area contributed by atoms with Crippen LogP contribution < -0.4 is 0 Å². The van der Waals surface area contributed by atoms with Gasteiger partial charge in [-0.25, -0.2) is 0 Å². The van der Waals surface area contributed by atoms with Crippen molar-refractivity contribution in [2.24, 2.45) is 0 Å². The molecule has 2 unspecified atom stereocenters. The molecule has 0 aromatic heterocycles. The van der Waals surface area contributed by atoms with E-state index in [4.69, 9.17) is 0 Å². The van der Waals surface area contributed by atoms with E-state index in [1.54, 1.807) is 0 Å². The molecule has 0 radical (unpaired) electrons. The third kappa shape index (κ3) is 7.81. The first-order valence-corrected chi connectivity index (χ1v) is 13.5. The van der Waals surface area contributed by atoms with E-state index in [1.807, 2.05) is 43.2 Å². The fourth-order valence-corrected chi connectivity index (χ4v) is 8.83. The molecule has 24 heavy (non-hydrogen) atoms. The summed E-state index contributed by atoms with van der Waals surface area (Å²) in [6.45, 7) is 0. The Morgan fingerprint density at radius 2 is 1.29 bits per heavy atom. The van der Waals surface area contributed by atoms with Crippen LogP contribution in [0.4, 0.5) is 0 Å². The van der Waals surface area contributed by atoms with Gasteiger partial charge >= 0.3 is 0 Å². The zero-order chi connectivity index (χ0) is 17.2. The maximum Gasteiger partial charge on any atom is 0.253 e. The van der Waals surface area contributed by atoms with Crippen LogP contribution >= 0.6 is 43.2 Å². The summed E-state index contributed by atoms with van der Waals surface area (Å²) in [4.78, 5) is 23.7. The van der Waals surface area contributed by atoms with Crippen molar-refractivity contribution in [3.05, 3.63) is 0 Å². The molecule has 8 heteroatoms. The Morgan fingerprint density at radius 3 is 1.67 bits per heavy atom. The van der Waals surface area contributed by atoms with Gasteiger partial charge < -0.3 is 0 Å². The van der Waals surface area contributed by atoms with Crippen LogP contribution in [0.5, 0.6) is 0 Å². The first-order chi connectivity index (χ1) is 11.7. The highest BCUT2D eigenvalue weighted by molar-refractivity contribution is 8.77. The molecule has 0 aromatic carbocycles. The number of carbonyl (C=O) groups excluding carboxylic acids is 2. The third-order valence-electron chi connectivity index (χ3n) is 4.26. The van der Waals surface area contributed by atoms with Gasteiger partial charge in [0.15, 0.2) is 0 Å². The molecule has 2 heterocycles. The van der Waals surface area contributed by atoms with E-state index in [9.17, 15) is 14.8 Å². The Kier molecular flexibility index (Phi) is 10.4. The molecule has 0 spiro atoms. The number of amides is 2. The molecule has 2 rings (SSSR count). The highest BCUT2D eigenvalue weighted by atomic mass is 33.1. The van der Waals surface area contributed by atoms with Crippen molar-refractivity contribution in [2.45, 2.75) is 74.7 Å². The van der Waals surface area contributed by atoms with Crippen LogP contribution in [0, 0.1) is 0 Å². The number of nitrogens with zero attached hydrogens (tertiary/aromatic N) is 1. The van der Waals surface area contributed by atoms with Gasteiger partial charge in [-0.3, -0.25) is 14.8 Å². The summed E-state index contributed by atoms with van der Waals surface area (Å²) in [6, 6.07) is 0. The lowest BCUT2D eigenvalue weighted by molar-refractivity contribution is -0.179. The van der Waals surface area contributed by atoms with E-state index in [2.05, 4.69) is 0 Å². The van der Waals surface area contributed by atoms with Crippen LogP contribution in [0.3, 0.4) is 0 Å². The molecule has 0 saturated carbocycles. The van der Waals surface area contributed by atoms with Crippen molar-refractivity contribution >= 4 is 55.0 Å². The van der Waals surface area contributed by atoms with Crippen LogP contribution in [0.2, 0.25) is 0 Å². The van der Waals surface area contributed by atoms with Crippen LogP contribution in [0.25, 0.3) is 0 Å². The van der Waals surface area contributed by atoms with Gasteiger partial charge in [0.25, 0.3) is 11.8 Å². The summed E-state index contributed by atoms with van der Waals surface area (Å²) in [5.41, 5.74) is 0. The minimum Gasteiger partial charge on any atom is -0.279 e. The summed E-state index contributed by atoms with van der Waals surface area (Å²) < 4.78 is 0. The standard InChI is InChI=1S/C16H27NO3S4/c18-15(7-3-1-5-13-9-11-21-23-13)17(20)16(19)8-4-2-6-14-10-12-22-24-14/h13-14,20H,1-12H2. The van der Waals surface area contributed by atoms with Gasteiger partial charge in [-0.2, -0.15) is 5.06 Å². The molecule has 1 N–H and O–H groups in total. The molecular weight excluding hydrogens is 382 g/mol. The van der Waals surface area contributed by atoms with Crippen molar-refractivity contribution in [1.29, 1.82) is 0 Å². The number of unbranched alkanes of at least 4 members (excludes halogenated alkanes) is 2. The second-order valence-corrected chi connectivity index (χ2v) is 11.8. The van der Waals surface area contributed by atoms with Crippen LogP contribution in [-0.2, 0) is 9.59 Å². The molecule has 4 nitrogen and oxygen atoms in total. The summed E-state index contributed by atoms with van der Waals surface area (Å²) in [5, 5.41) is 11.5. The Labute approximate surface area is 160 Å². The normalized spacial score (nSPS) is 23.5. The van der Waals surface area contributed by atoms with Crippen molar-refractivity contribution in [3.63, 3.8) is 0 Å². The smallest absolute Gasteiger partial charge is 0.253 e.